The molecule has 168 valence electrons. The zero-order chi connectivity index (χ0) is 23.4. The second kappa shape index (κ2) is 7.40. The minimum Gasteiger partial charge on any atom is -0.493 e. The van der Waals surface area contributed by atoms with Crippen LogP contribution in [0.15, 0.2) is 65.9 Å². The first-order chi connectivity index (χ1) is 15.8. The van der Waals surface area contributed by atoms with Crippen molar-refractivity contribution in [1.29, 1.82) is 0 Å². The van der Waals surface area contributed by atoms with Crippen LogP contribution in [0.25, 0.3) is 6.08 Å². The molecule has 3 aromatic carbocycles. The zero-order valence-electron chi connectivity index (χ0n) is 18.4. The summed E-state index contributed by atoms with van der Waals surface area (Å²) < 4.78 is 41.6. The molecular formula is C26H22F2N2O3. The second-order valence-electron chi connectivity index (χ2n) is 8.72. The normalized spacial score (nSPS) is 19.7. The lowest BCUT2D eigenvalue weighted by Crippen LogP contribution is -2.59. The van der Waals surface area contributed by atoms with E-state index in [4.69, 9.17) is 9.47 Å². The van der Waals surface area contributed by atoms with Gasteiger partial charge in [-0.25, -0.2) is 8.78 Å². The van der Waals surface area contributed by atoms with Gasteiger partial charge in [-0.1, -0.05) is 24.3 Å². The number of halogens is 2. The van der Waals surface area contributed by atoms with E-state index in [-0.39, 0.29) is 17.8 Å². The molecule has 1 unspecified atom stereocenters. The Bertz CT molecular complexity index is 1280. The van der Waals surface area contributed by atoms with Crippen molar-refractivity contribution in [3.8, 4) is 11.5 Å². The molecule has 2 aliphatic rings. The summed E-state index contributed by atoms with van der Waals surface area (Å²) in [6.07, 6.45) is 3.72. The smallest absolute Gasteiger partial charge is 0.212 e. The van der Waals surface area contributed by atoms with Gasteiger partial charge in [-0.2, -0.15) is 0 Å². The molecule has 1 atom stereocenters. The molecule has 2 aliphatic heterocycles. The molecule has 0 saturated heterocycles. The van der Waals surface area contributed by atoms with Crippen molar-refractivity contribution in [3.63, 3.8) is 0 Å². The van der Waals surface area contributed by atoms with E-state index in [1.165, 1.54) is 31.4 Å². The van der Waals surface area contributed by atoms with Gasteiger partial charge in [-0.05, 0) is 61.0 Å². The van der Waals surface area contributed by atoms with E-state index in [1.807, 2.05) is 55.2 Å². The van der Waals surface area contributed by atoms with Crippen LogP contribution in [-0.2, 0) is 12.0 Å². The lowest BCUT2D eigenvalue weighted by molar-refractivity contribution is 0.0490. The van der Waals surface area contributed by atoms with Gasteiger partial charge in [-0.3, -0.25) is 0 Å². The molecule has 3 aromatic rings. The van der Waals surface area contributed by atoms with Crippen molar-refractivity contribution in [3.05, 3.63) is 93.9 Å². The van der Waals surface area contributed by atoms with Crippen LogP contribution in [0.4, 0.5) is 20.2 Å². The molecule has 33 heavy (non-hydrogen) atoms. The van der Waals surface area contributed by atoms with Crippen LogP contribution in [0.3, 0.4) is 0 Å². The summed E-state index contributed by atoms with van der Waals surface area (Å²) in [5, 5.41) is 3.01. The first kappa shape index (κ1) is 21.1. The van der Waals surface area contributed by atoms with Crippen LogP contribution < -0.4 is 14.4 Å². The van der Waals surface area contributed by atoms with Crippen LogP contribution in [0.1, 0.15) is 30.5 Å². The Morgan fingerprint density at radius 1 is 1.06 bits per heavy atom. The van der Waals surface area contributed by atoms with Crippen LogP contribution in [-0.4, -0.2) is 12.8 Å². The van der Waals surface area contributed by atoms with Gasteiger partial charge >= 0.3 is 0 Å². The summed E-state index contributed by atoms with van der Waals surface area (Å²) in [5.41, 5.74) is 0.906. The highest BCUT2D eigenvalue weighted by atomic mass is 19.1. The Morgan fingerprint density at radius 2 is 1.79 bits per heavy atom. The molecule has 0 N–H and O–H groups in total. The molecule has 7 heteroatoms. The predicted octanol–water partition coefficient (Wildman–Crippen LogP) is 6.47. The average molecular weight is 448 g/mol. The van der Waals surface area contributed by atoms with Gasteiger partial charge in [0.1, 0.15) is 17.3 Å². The summed E-state index contributed by atoms with van der Waals surface area (Å²) in [5.74, 6) is -0.444. The molecule has 5 rings (SSSR count). The molecule has 0 radical (unpaired) electrons. The minimum absolute atomic E-state index is 0.0420. The number of hydrogen-bond acceptors (Lipinski definition) is 5. The van der Waals surface area contributed by atoms with Crippen molar-refractivity contribution < 1.29 is 18.3 Å². The van der Waals surface area contributed by atoms with Gasteiger partial charge < -0.3 is 14.4 Å². The summed E-state index contributed by atoms with van der Waals surface area (Å²) >= 11 is 0. The summed E-state index contributed by atoms with van der Waals surface area (Å²) in [6, 6.07) is 14.7. The zero-order valence-corrected chi connectivity index (χ0v) is 18.4. The number of nitroso groups, excluding NO2 is 1. The van der Waals surface area contributed by atoms with Crippen LogP contribution >= 0.6 is 0 Å². The molecule has 0 aromatic heterocycles. The predicted molar refractivity (Wildman–Crippen MR) is 123 cm³/mol. The van der Waals surface area contributed by atoms with Crippen molar-refractivity contribution in [2.24, 2.45) is 5.18 Å². The number of rotatable bonds is 4. The standard InChI is InChI=1S/C26H22F2N2O3/c1-25(2)19-7-4-5-10-22(19)30(15-18-20(27)8-6-9-21(18)28)26(25)12-11-16-13-17(29-31)14-23(32-3)24(16)33-26/h4-14H,15H2,1-3H3. The average Bonchev–Trinajstić information content (AvgIpc) is 2.99. The molecule has 5 nitrogen and oxygen atoms in total. The maximum Gasteiger partial charge on any atom is 0.212 e. The fraction of sp³-hybridized carbons (Fsp3) is 0.231. The monoisotopic (exact) mass is 448 g/mol. The number of para-hydroxylation sites is 1. The molecule has 1 spiro atoms. The fourth-order valence-electron chi connectivity index (χ4n) is 4.91. The quantitative estimate of drug-likeness (QED) is 0.429. The number of hydrogen-bond donors (Lipinski definition) is 0. The van der Waals surface area contributed by atoms with Crippen LogP contribution in [0.2, 0.25) is 0 Å². The van der Waals surface area contributed by atoms with Crippen molar-refractivity contribution in [2.45, 2.75) is 31.5 Å². The summed E-state index contributed by atoms with van der Waals surface area (Å²) in [6.45, 7) is 4.02. The Morgan fingerprint density at radius 3 is 2.48 bits per heavy atom. The van der Waals surface area contributed by atoms with Gasteiger partial charge in [0.15, 0.2) is 11.5 Å². The molecule has 0 fully saturated rings. The van der Waals surface area contributed by atoms with E-state index >= 15 is 0 Å². The van der Waals surface area contributed by atoms with Crippen molar-refractivity contribution in [2.75, 3.05) is 12.0 Å². The van der Waals surface area contributed by atoms with E-state index in [1.54, 1.807) is 6.07 Å². The number of ether oxygens (including phenoxy) is 2. The largest absolute Gasteiger partial charge is 0.493 e. The first-order valence-corrected chi connectivity index (χ1v) is 10.6. The molecule has 0 amide bonds. The van der Waals surface area contributed by atoms with E-state index in [0.29, 0.717) is 17.1 Å². The van der Waals surface area contributed by atoms with Gasteiger partial charge in [0.2, 0.25) is 5.72 Å². The van der Waals surface area contributed by atoms with Crippen molar-refractivity contribution >= 4 is 17.5 Å². The van der Waals surface area contributed by atoms with Crippen LogP contribution in [0, 0.1) is 16.5 Å². The Hall–Kier alpha value is -3.74. The number of methoxy groups -OCH3 is 1. The molecular weight excluding hydrogens is 426 g/mol. The van der Waals surface area contributed by atoms with Crippen molar-refractivity contribution in [1.82, 2.24) is 0 Å². The van der Waals surface area contributed by atoms with Gasteiger partial charge in [0, 0.05) is 22.9 Å². The highest BCUT2D eigenvalue weighted by Crippen LogP contribution is 2.57. The number of nitrogens with zero attached hydrogens (tertiary/aromatic N) is 2. The molecule has 0 aliphatic carbocycles. The lowest BCUT2D eigenvalue weighted by atomic mass is 9.76. The number of fused-ring (bicyclic) bond motifs is 2. The first-order valence-electron chi connectivity index (χ1n) is 10.6. The molecule has 2 heterocycles. The number of anilines is 1. The van der Waals surface area contributed by atoms with Gasteiger partial charge in [0.05, 0.1) is 19.1 Å². The summed E-state index contributed by atoms with van der Waals surface area (Å²) in [4.78, 5) is 13.0. The topological polar surface area (TPSA) is 51.1 Å². The maximum absolute atomic E-state index is 14.7. The Kier molecular flexibility index (Phi) is 4.74. The maximum atomic E-state index is 14.7. The third-order valence-corrected chi connectivity index (χ3v) is 6.68. The minimum atomic E-state index is -1.11. The van der Waals surface area contributed by atoms with Gasteiger partial charge in [-0.15, -0.1) is 4.91 Å². The SMILES string of the molecule is COc1cc(N=O)cc2c1OC1(C=C2)N(Cc2c(F)cccc2F)c2ccccc2C1(C)C. The molecule has 0 saturated carbocycles. The van der Waals surface area contributed by atoms with E-state index in [9.17, 15) is 13.7 Å². The Balaban J connectivity index is 1.71. The van der Waals surface area contributed by atoms with Crippen LogP contribution in [0.5, 0.6) is 11.5 Å². The van der Waals surface area contributed by atoms with E-state index in [0.717, 1.165) is 11.3 Å². The Labute approximate surface area is 190 Å². The van der Waals surface area contributed by atoms with Gasteiger partial charge in [0.25, 0.3) is 0 Å². The van der Waals surface area contributed by atoms with E-state index < -0.39 is 22.8 Å². The number of benzene rings is 3. The molecule has 0 bridgehead atoms. The third kappa shape index (κ3) is 2.95. The van der Waals surface area contributed by atoms with E-state index in [2.05, 4.69) is 5.18 Å². The highest BCUT2D eigenvalue weighted by molar-refractivity contribution is 5.75. The fourth-order valence-corrected chi connectivity index (χ4v) is 4.91. The highest BCUT2D eigenvalue weighted by Gasteiger charge is 2.59. The lowest BCUT2D eigenvalue weighted by Gasteiger charge is -2.47. The second-order valence-corrected chi connectivity index (χ2v) is 8.72. The third-order valence-electron chi connectivity index (χ3n) is 6.68. The summed E-state index contributed by atoms with van der Waals surface area (Å²) in [7, 11) is 1.49.